The summed E-state index contributed by atoms with van der Waals surface area (Å²) >= 11 is 1.81. The molecule has 286 valence electrons. The summed E-state index contributed by atoms with van der Waals surface area (Å²) in [6.07, 6.45) is 1.92. The number of aliphatic imine (C=N–C) groups is 1. The molecule has 7 aromatic rings. The molecule has 2 aromatic heterocycles. The van der Waals surface area contributed by atoms with Crippen molar-refractivity contribution in [2.75, 3.05) is 5.75 Å². The predicted octanol–water partition coefficient (Wildman–Crippen LogP) is 13.0. The van der Waals surface area contributed by atoms with E-state index >= 15 is 0 Å². The van der Waals surface area contributed by atoms with E-state index in [1.807, 2.05) is 24.0 Å². The number of hydrogen-bond donors (Lipinski definition) is 0. The molecule has 3 heterocycles. The quantitative estimate of drug-likeness (QED) is 0.143. The minimum atomic E-state index is -0.0191. The molecule has 5 aromatic carbocycles. The van der Waals surface area contributed by atoms with Crippen molar-refractivity contribution >= 4 is 38.6 Å². The van der Waals surface area contributed by atoms with Gasteiger partial charge in [-0.1, -0.05) is 146 Å². The second-order valence-corrected chi connectivity index (χ2v) is 18.1. The van der Waals surface area contributed by atoms with Gasteiger partial charge >= 0.3 is 21.1 Å². The fraction of sp³-hybridized carbons (Fsp3) is 0.280. The largest absolute Gasteiger partial charge is 2.00 e. The molecule has 0 saturated carbocycles. The maximum Gasteiger partial charge on any atom is 2.00 e. The summed E-state index contributed by atoms with van der Waals surface area (Å²) < 4.78 is 8.96. The molecule has 0 unspecified atom stereocenters. The molecule has 0 bridgehead atoms. The molecular weight excluding hydrogens is 886 g/mol. The number of aromatic nitrogens is 2. The molecule has 6 heteroatoms. The van der Waals surface area contributed by atoms with E-state index in [1.165, 1.54) is 33.2 Å². The van der Waals surface area contributed by atoms with Gasteiger partial charge < -0.3 is 14.3 Å². The predicted molar refractivity (Wildman–Crippen MR) is 232 cm³/mol. The van der Waals surface area contributed by atoms with Crippen LogP contribution in [0.1, 0.15) is 101 Å². The van der Waals surface area contributed by atoms with Gasteiger partial charge in [-0.2, -0.15) is 17.8 Å². The van der Waals surface area contributed by atoms with Crippen molar-refractivity contribution in [3.8, 4) is 17.3 Å². The van der Waals surface area contributed by atoms with E-state index in [9.17, 15) is 0 Å². The summed E-state index contributed by atoms with van der Waals surface area (Å²) in [5, 5.41) is 3.30. The molecule has 0 fully saturated rings. The van der Waals surface area contributed by atoms with Crippen molar-refractivity contribution in [3.05, 3.63) is 167 Å². The smallest absolute Gasteiger partial charge is 0.503 e. The molecule has 0 spiro atoms. The van der Waals surface area contributed by atoms with E-state index in [0.717, 1.165) is 38.6 Å². The third kappa shape index (κ3) is 8.04. The molecule has 4 nitrogen and oxygen atoms in total. The zero-order valence-electron chi connectivity index (χ0n) is 33.5. The van der Waals surface area contributed by atoms with Crippen LogP contribution in [0, 0.1) is 12.1 Å². The molecule has 56 heavy (non-hydrogen) atoms. The van der Waals surface area contributed by atoms with E-state index in [4.69, 9.17) is 14.7 Å². The van der Waals surface area contributed by atoms with Gasteiger partial charge in [0.1, 0.15) is 5.82 Å². The average Bonchev–Trinajstić information content (AvgIpc) is 3.78. The van der Waals surface area contributed by atoms with Crippen LogP contribution in [0.15, 0.2) is 126 Å². The van der Waals surface area contributed by atoms with Gasteiger partial charge in [0, 0.05) is 39.9 Å². The number of rotatable bonds is 8. The van der Waals surface area contributed by atoms with Crippen LogP contribution in [0.2, 0.25) is 0 Å². The summed E-state index contributed by atoms with van der Waals surface area (Å²) in [4.78, 5) is 10.3. The molecule has 0 aliphatic carbocycles. The fourth-order valence-electron chi connectivity index (χ4n) is 7.55. The van der Waals surface area contributed by atoms with E-state index in [1.54, 1.807) is 0 Å². The summed E-state index contributed by atoms with van der Waals surface area (Å²) in [6.45, 7) is 17.9. The molecule has 1 aliphatic rings. The van der Waals surface area contributed by atoms with Crippen molar-refractivity contribution < 1.29 is 25.8 Å². The van der Waals surface area contributed by atoms with Crippen LogP contribution >= 0.6 is 11.8 Å². The van der Waals surface area contributed by atoms with Crippen molar-refractivity contribution in [2.45, 2.75) is 84.1 Å². The van der Waals surface area contributed by atoms with Crippen LogP contribution in [0.4, 0.5) is 0 Å². The first kappa shape index (κ1) is 39.8. The first-order valence-electron chi connectivity index (χ1n) is 19.4. The molecule has 1 atom stereocenters. The monoisotopic (exact) mass is 934 g/mol. The Balaban J connectivity index is 0.00000480. The van der Waals surface area contributed by atoms with Crippen LogP contribution in [0.25, 0.3) is 27.6 Å². The Labute approximate surface area is 351 Å². The number of ether oxygens (including phenoxy) is 1. The van der Waals surface area contributed by atoms with E-state index in [-0.39, 0.29) is 43.9 Å². The van der Waals surface area contributed by atoms with Crippen molar-refractivity contribution in [1.82, 2.24) is 9.55 Å². The van der Waals surface area contributed by atoms with Crippen molar-refractivity contribution in [3.63, 3.8) is 0 Å². The Morgan fingerprint density at radius 3 is 2.00 bits per heavy atom. The van der Waals surface area contributed by atoms with Gasteiger partial charge in [0.15, 0.2) is 0 Å². The van der Waals surface area contributed by atoms with Crippen LogP contribution < -0.4 is 4.74 Å². The zero-order valence-corrected chi connectivity index (χ0v) is 36.5. The standard InChI is InChI=1S/C50H49N3OS.Pt/c1-32(2)35-25-36(48-52-43(31-55-48)47(33-15-11-9-12-16-33)34-17-13-10-14-18-34)27-40(26-35)54-39-20-21-41-42-28-37(49(3,4)5)19-22-44(42)53(45(41)30-39)46-29-38(23-24-51-46)50(6,7)8;/h9-26,28-29,32,43,47H,31H2,1-8H3;/q-2;+2/t43-;/m0./s1. The molecule has 0 amide bonds. The van der Waals surface area contributed by atoms with Crippen LogP contribution in [-0.2, 0) is 31.9 Å². The Kier molecular flexibility index (Phi) is 11.2. The molecule has 0 N–H and O–H groups in total. The van der Waals surface area contributed by atoms with Crippen LogP contribution in [0.3, 0.4) is 0 Å². The van der Waals surface area contributed by atoms with Crippen LogP contribution in [-0.4, -0.2) is 26.4 Å². The number of fused-ring (bicyclic) bond motifs is 3. The second-order valence-electron chi connectivity index (χ2n) is 17.1. The Hall–Kier alpha value is -4.44. The van der Waals surface area contributed by atoms with Gasteiger partial charge in [-0.15, -0.1) is 34.7 Å². The third-order valence-corrected chi connectivity index (χ3v) is 11.8. The number of nitrogens with zero attached hydrogens (tertiary/aromatic N) is 3. The molecular formula is C50H49N3OPtS. The number of hydrogen-bond acceptors (Lipinski definition) is 4. The molecule has 0 saturated heterocycles. The van der Waals surface area contributed by atoms with Crippen molar-refractivity contribution in [2.24, 2.45) is 4.99 Å². The normalized spacial score (nSPS) is 14.8. The molecule has 8 rings (SSSR count). The Morgan fingerprint density at radius 2 is 1.36 bits per heavy atom. The number of thioether (sulfide) groups is 1. The summed E-state index contributed by atoms with van der Waals surface area (Å²) in [6, 6.07) is 48.6. The van der Waals surface area contributed by atoms with E-state index in [0.29, 0.717) is 17.4 Å². The average molecular weight is 935 g/mol. The third-order valence-electron chi connectivity index (χ3n) is 10.7. The second kappa shape index (κ2) is 15.8. The number of pyridine rings is 1. The van der Waals surface area contributed by atoms with E-state index < -0.39 is 0 Å². The maximum absolute atomic E-state index is 6.72. The van der Waals surface area contributed by atoms with Gasteiger partial charge in [0.2, 0.25) is 0 Å². The van der Waals surface area contributed by atoms with Gasteiger partial charge in [0.05, 0.1) is 6.04 Å². The summed E-state index contributed by atoms with van der Waals surface area (Å²) in [7, 11) is 0. The molecule has 0 radical (unpaired) electrons. The van der Waals surface area contributed by atoms with Gasteiger partial charge in [-0.05, 0) is 62.6 Å². The summed E-state index contributed by atoms with van der Waals surface area (Å²) in [5.41, 5.74) is 9.27. The summed E-state index contributed by atoms with van der Waals surface area (Å²) in [5.74, 6) is 3.53. The number of benzene rings is 5. The Morgan fingerprint density at radius 1 is 0.696 bits per heavy atom. The van der Waals surface area contributed by atoms with Crippen LogP contribution in [0.5, 0.6) is 11.5 Å². The topological polar surface area (TPSA) is 39.4 Å². The SMILES string of the molecule is CC(C)c1cc(Oc2[c-]c3c(cc2)c2cc(C(C)(C)C)ccc2n3-c2cc(C(C)(C)C)ccn2)[c-]c(C2=N[C@H](C(c3ccccc3)c3ccccc3)CS2)c1.[Pt+2]. The Bertz CT molecular complexity index is 2490. The molecule has 1 aliphatic heterocycles. The first-order valence-corrected chi connectivity index (χ1v) is 20.4. The fourth-order valence-corrected chi connectivity index (χ4v) is 8.62. The van der Waals surface area contributed by atoms with Gasteiger partial charge in [0.25, 0.3) is 0 Å². The van der Waals surface area contributed by atoms with Gasteiger partial charge in [-0.3, -0.25) is 0 Å². The maximum atomic E-state index is 6.72. The minimum absolute atomic E-state index is 0. The van der Waals surface area contributed by atoms with E-state index in [2.05, 4.69) is 181 Å². The first-order chi connectivity index (χ1) is 26.3. The minimum Gasteiger partial charge on any atom is -0.503 e. The van der Waals surface area contributed by atoms with Crippen molar-refractivity contribution in [1.29, 1.82) is 0 Å². The van der Waals surface area contributed by atoms with Gasteiger partial charge in [-0.25, -0.2) is 4.98 Å². The zero-order chi connectivity index (χ0) is 38.5.